The average molecular weight is 242 g/mol. The summed E-state index contributed by atoms with van der Waals surface area (Å²) in [4.78, 5) is 13.6. The summed E-state index contributed by atoms with van der Waals surface area (Å²) in [6.07, 6.45) is 7.01. The average Bonchev–Trinajstić information content (AvgIpc) is 2.36. The van der Waals surface area contributed by atoms with Crippen LogP contribution in [-0.2, 0) is 9.53 Å². The molecular formula is C12H16ClNO2. The van der Waals surface area contributed by atoms with Crippen LogP contribution in [0.2, 0.25) is 0 Å². The lowest BCUT2D eigenvalue weighted by Gasteiger charge is -2.38. The summed E-state index contributed by atoms with van der Waals surface area (Å²) in [5, 5.41) is 0. The number of likely N-dealkylation sites (tertiary alicyclic amines) is 1. The maximum absolute atomic E-state index is 11.7. The third-order valence-electron chi connectivity index (χ3n) is 3.21. The number of rotatable bonds is 2. The molecule has 2 aliphatic rings. The molecule has 0 bridgehead atoms. The number of amides is 1. The van der Waals surface area contributed by atoms with Crippen molar-refractivity contribution in [1.29, 1.82) is 0 Å². The maximum Gasteiger partial charge on any atom is 0.238 e. The third-order valence-corrected chi connectivity index (χ3v) is 3.44. The van der Waals surface area contributed by atoms with Gasteiger partial charge in [-0.05, 0) is 37.0 Å². The molecule has 1 aliphatic carbocycles. The fourth-order valence-corrected chi connectivity index (χ4v) is 2.56. The first kappa shape index (κ1) is 11.5. The van der Waals surface area contributed by atoms with Crippen molar-refractivity contribution in [3.8, 4) is 0 Å². The van der Waals surface area contributed by atoms with Crippen molar-refractivity contribution in [2.45, 2.75) is 25.3 Å². The quantitative estimate of drug-likeness (QED) is 0.693. The monoisotopic (exact) mass is 241 g/mol. The van der Waals surface area contributed by atoms with Crippen LogP contribution in [-0.4, -0.2) is 36.4 Å². The molecule has 0 radical (unpaired) electrons. The van der Waals surface area contributed by atoms with Crippen molar-refractivity contribution in [2.24, 2.45) is 0 Å². The van der Waals surface area contributed by atoms with E-state index in [-0.39, 0.29) is 17.8 Å². The topological polar surface area (TPSA) is 29.5 Å². The highest BCUT2D eigenvalue weighted by molar-refractivity contribution is 6.27. The molecule has 16 heavy (non-hydrogen) atoms. The fourth-order valence-electron chi connectivity index (χ4n) is 2.41. The first-order chi connectivity index (χ1) is 7.76. The number of hydrogen-bond acceptors (Lipinski definition) is 2. The molecule has 3 nitrogen and oxygen atoms in total. The molecule has 0 aromatic heterocycles. The molecule has 1 aliphatic heterocycles. The highest BCUT2D eigenvalue weighted by Crippen LogP contribution is 2.30. The van der Waals surface area contributed by atoms with Crippen LogP contribution in [0.5, 0.6) is 0 Å². The minimum absolute atomic E-state index is 0.0338. The number of alkyl halides is 1. The second-order valence-electron chi connectivity index (χ2n) is 4.11. The van der Waals surface area contributed by atoms with E-state index in [9.17, 15) is 4.79 Å². The summed E-state index contributed by atoms with van der Waals surface area (Å²) < 4.78 is 5.22. The lowest BCUT2D eigenvalue weighted by atomic mass is 9.89. The highest BCUT2D eigenvalue weighted by atomic mass is 35.5. The second-order valence-corrected chi connectivity index (χ2v) is 4.37. The number of carbonyl (C=O) groups is 1. The zero-order chi connectivity index (χ0) is 11.5. The van der Waals surface area contributed by atoms with E-state index < -0.39 is 0 Å². The Morgan fingerprint density at radius 3 is 3.19 bits per heavy atom. The minimum atomic E-state index is 0.0338. The standard InChI is InChI=1S/C12H16ClNO2/c1-16-10-4-5-11-9(7-10)3-2-6-14(11)12(15)8-13/h4,7,11H,2-3,5-6,8H2,1H3. The Morgan fingerprint density at radius 2 is 2.50 bits per heavy atom. The van der Waals surface area contributed by atoms with E-state index in [0.29, 0.717) is 0 Å². The second kappa shape index (κ2) is 4.91. The Labute approximate surface area is 101 Å². The van der Waals surface area contributed by atoms with Crippen LogP contribution in [0.3, 0.4) is 0 Å². The number of methoxy groups -OCH3 is 1. The van der Waals surface area contributed by atoms with Gasteiger partial charge >= 0.3 is 0 Å². The van der Waals surface area contributed by atoms with Crippen LogP contribution in [0.4, 0.5) is 0 Å². The van der Waals surface area contributed by atoms with Gasteiger partial charge in [0.1, 0.15) is 11.6 Å². The van der Waals surface area contributed by atoms with Crippen molar-refractivity contribution in [3.05, 3.63) is 23.5 Å². The number of hydrogen-bond donors (Lipinski definition) is 0. The van der Waals surface area contributed by atoms with E-state index in [1.807, 2.05) is 11.0 Å². The molecule has 0 saturated carbocycles. The molecule has 0 aromatic rings. The summed E-state index contributed by atoms with van der Waals surface area (Å²) in [7, 11) is 1.67. The number of carbonyl (C=O) groups excluding carboxylic acids is 1. The summed E-state index contributed by atoms with van der Waals surface area (Å²) >= 11 is 5.62. The molecule has 88 valence electrons. The van der Waals surface area contributed by atoms with Gasteiger partial charge in [0, 0.05) is 6.54 Å². The molecule has 0 N–H and O–H groups in total. The van der Waals surface area contributed by atoms with Crippen LogP contribution in [0.25, 0.3) is 0 Å². The van der Waals surface area contributed by atoms with Gasteiger partial charge in [-0.2, -0.15) is 0 Å². The van der Waals surface area contributed by atoms with Gasteiger partial charge in [-0.3, -0.25) is 4.79 Å². The Balaban J connectivity index is 2.16. The van der Waals surface area contributed by atoms with Gasteiger partial charge in [-0.1, -0.05) is 0 Å². The van der Waals surface area contributed by atoms with E-state index in [1.54, 1.807) is 7.11 Å². The SMILES string of the molecule is COC1=CCC2C(=C1)CCCN2C(=O)CCl. The Kier molecular flexibility index (Phi) is 3.54. The van der Waals surface area contributed by atoms with Crippen LogP contribution < -0.4 is 0 Å². The van der Waals surface area contributed by atoms with Gasteiger partial charge in [0.2, 0.25) is 5.91 Å². The van der Waals surface area contributed by atoms with E-state index in [4.69, 9.17) is 16.3 Å². The zero-order valence-corrected chi connectivity index (χ0v) is 10.2. The number of allylic oxidation sites excluding steroid dienone is 1. The minimum Gasteiger partial charge on any atom is -0.497 e. The third kappa shape index (κ3) is 2.09. The number of nitrogens with zero attached hydrogens (tertiary/aromatic N) is 1. The molecule has 1 amide bonds. The fraction of sp³-hybridized carbons (Fsp3) is 0.583. The van der Waals surface area contributed by atoms with Gasteiger partial charge in [-0.25, -0.2) is 0 Å². The molecule has 1 fully saturated rings. The lowest BCUT2D eigenvalue weighted by Crippen LogP contribution is -2.46. The molecule has 0 spiro atoms. The van der Waals surface area contributed by atoms with Gasteiger partial charge < -0.3 is 9.64 Å². The van der Waals surface area contributed by atoms with Crippen molar-refractivity contribution < 1.29 is 9.53 Å². The molecule has 1 heterocycles. The molecule has 1 saturated heterocycles. The van der Waals surface area contributed by atoms with E-state index in [2.05, 4.69) is 6.08 Å². The summed E-state index contributed by atoms with van der Waals surface area (Å²) in [5.74, 6) is 1.02. The number of ether oxygens (including phenoxy) is 1. The Hall–Kier alpha value is -0.960. The molecule has 2 rings (SSSR count). The normalized spacial score (nSPS) is 24.4. The largest absolute Gasteiger partial charge is 0.497 e. The predicted octanol–water partition coefficient (Wildman–Crippen LogP) is 2.08. The number of fused-ring (bicyclic) bond motifs is 1. The van der Waals surface area contributed by atoms with Gasteiger partial charge in [-0.15, -0.1) is 11.6 Å². The van der Waals surface area contributed by atoms with E-state index in [0.717, 1.165) is 31.6 Å². The number of halogens is 1. The Morgan fingerprint density at radius 1 is 1.69 bits per heavy atom. The van der Waals surface area contributed by atoms with E-state index in [1.165, 1.54) is 5.57 Å². The van der Waals surface area contributed by atoms with Crippen LogP contribution in [0.1, 0.15) is 19.3 Å². The lowest BCUT2D eigenvalue weighted by molar-refractivity contribution is -0.130. The summed E-state index contributed by atoms with van der Waals surface area (Å²) in [5.41, 5.74) is 1.30. The van der Waals surface area contributed by atoms with Gasteiger partial charge in [0.25, 0.3) is 0 Å². The van der Waals surface area contributed by atoms with Crippen LogP contribution in [0, 0.1) is 0 Å². The van der Waals surface area contributed by atoms with Crippen LogP contribution >= 0.6 is 11.6 Å². The molecule has 1 atom stereocenters. The smallest absolute Gasteiger partial charge is 0.238 e. The van der Waals surface area contributed by atoms with Gasteiger partial charge in [0.15, 0.2) is 0 Å². The Bertz CT molecular complexity index is 349. The molecule has 1 unspecified atom stereocenters. The zero-order valence-electron chi connectivity index (χ0n) is 9.41. The van der Waals surface area contributed by atoms with Crippen molar-refractivity contribution >= 4 is 17.5 Å². The molecular weight excluding hydrogens is 226 g/mol. The van der Waals surface area contributed by atoms with Crippen molar-refractivity contribution in [1.82, 2.24) is 4.90 Å². The predicted molar refractivity (Wildman–Crippen MR) is 63.2 cm³/mol. The molecule has 4 heteroatoms. The van der Waals surface area contributed by atoms with Crippen molar-refractivity contribution in [3.63, 3.8) is 0 Å². The first-order valence-corrected chi connectivity index (χ1v) is 6.09. The number of piperidine rings is 1. The van der Waals surface area contributed by atoms with E-state index >= 15 is 0 Å². The first-order valence-electron chi connectivity index (χ1n) is 5.56. The summed E-state index contributed by atoms with van der Waals surface area (Å²) in [6.45, 7) is 0.823. The van der Waals surface area contributed by atoms with Crippen molar-refractivity contribution in [2.75, 3.05) is 19.5 Å². The summed E-state index contributed by atoms with van der Waals surface area (Å²) in [6, 6.07) is 0.207. The van der Waals surface area contributed by atoms with Gasteiger partial charge in [0.05, 0.1) is 13.2 Å². The molecule has 0 aromatic carbocycles. The van der Waals surface area contributed by atoms with Crippen LogP contribution in [0.15, 0.2) is 23.5 Å². The maximum atomic E-state index is 11.7. The highest BCUT2D eigenvalue weighted by Gasteiger charge is 2.30.